The van der Waals surface area contributed by atoms with Gasteiger partial charge in [-0.15, -0.1) is 0 Å². The second-order valence-electron chi connectivity index (χ2n) is 9.53. The summed E-state index contributed by atoms with van der Waals surface area (Å²) in [5.74, 6) is 2.07. The number of carbonyl (C=O) groups is 1. The monoisotopic (exact) mass is 615 g/mol. The number of ether oxygens (including phenoxy) is 2. The molecule has 0 fully saturated rings. The van der Waals surface area contributed by atoms with Gasteiger partial charge in [-0.2, -0.15) is 4.98 Å². The first-order valence-corrected chi connectivity index (χ1v) is 16.3. The number of hydrogen-bond donors (Lipinski definition) is 3. The van der Waals surface area contributed by atoms with E-state index < -0.39 is 14.4 Å². The van der Waals surface area contributed by atoms with E-state index in [2.05, 4.69) is 44.7 Å². The van der Waals surface area contributed by atoms with Crippen LogP contribution in [0.25, 0.3) is 22.2 Å². The summed E-state index contributed by atoms with van der Waals surface area (Å²) in [5, 5.41) is 9.84. The van der Waals surface area contributed by atoms with Crippen molar-refractivity contribution >= 4 is 37.2 Å². The van der Waals surface area contributed by atoms with Crippen LogP contribution in [0.4, 0.5) is 16.6 Å². The lowest BCUT2D eigenvalue weighted by atomic mass is 10.0. The summed E-state index contributed by atoms with van der Waals surface area (Å²) in [4.78, 5) is 29.3. The molecule has 12 nitrogen and oxygen atoms in total. The molecule has 2 heterocycles. The van der Waals surface area contributed by atoms with Gasteiger partial charge in [-0.1, -0.05) is 13.8 Å². The van der Waals surface area contributed by atoms with Gasteiger partial charge in [0.2, 0.25) is 5.95 Å². The summed E-state index contributed by atoms with van der Waals surface area (Å²) in [5.41, 5.74) is 1.89. The van der Waals surface area contributed by atoms with E-state index in [4.69, 9.17) is 23.5 Å². The second-order valence-corrected chi connectivity index (χ2v) is 11.2. The van der Waals surface area contributed by atoms with Gasteiger partial charge in [0.05, 0.1) is 27.4 Å². The zero-order chi connectivity index (χ0) is 31.0. The smallest absolute Gasteiger partial charge is 0.320 e. The SMILES string of the molecule is CCOP(CCNC(=O)Nc1nc2nc(NCCCCN(CC)CC)ncc2cc1-c1cc(OC)cc(OC)c1)OCC. The first-order valence-electron chi connectivity index (χ1n) is 14.9. The number of aromatic nitrogens is 3. The highest BCUT2D eigenvalue weighted by Crippen LogP contribution is 2.37. The summed E-state index contributed by atoms with van der Waals surface area (Å²) in [6, 6.07) is 7.02. The summed E-state index contributed by atoms with van der Waals surface area (Å²) in [7, 11) is 2.13. The minimum atomic E-state index is -1.06. The van der Waals surface area contributed by atoms with Crippen LogP contribution in [0.3, 0.4) is 0 Å². The molecule has 13 heteroatoms. The number of benzene rings is 1. The van der Waals surface area contributed by atoms with E-state index in [9.17, 15) is 4.79 Å². The van der Waals surface area contributed by atoms with E-state index in [-0.39, 0.29) is 0 Å². The number of nitrogens with zero attached hydrogens (tertiary/aromatic N) is 4. The predicted octanol–water partition coefficient (Wildman–Crippen LogP) is 5.75. The molecule has 3 aromatic rings. The zero-order valence-corrected chi connectivity index (χ0v) is 27.1. The number of urea groups is 1. The van der Waals surface area contributed by atoms with Crippen LogP contribution in [-0.4, -0.2) is 92.2 Å². The van der Waals surface area contributed by atoms with Gasteiger partial charge in [-0.3, -0.25) is 5.32 Å². The average Bonchev–Trinajstić information content (AvgIpc) is 3.02. The Morgan fingerprint density at radius 3 is 2.23 bits per heavy atom. The van der Waals surface area contributed by atoms with Gasteiger partial charge in [0.1, 0.15) is 17.3 Å². The Morgan fingerprint density at radius 2 is 1.60 bits per heavy atom. The Labute approximate surface area is 256 Å². The molecule has 0 aliphatic carbocycles. The van der Waals surface area contributed by atoms with Crippen molar-refractivity contribution in [1.29, 1.82) is 0 Å². The first kappa shape index (κ1) is 34.2. The van der Waals surface area contributed by atoms with E-state index in [0.29, 0.717) is 60.4 Å². The van der Waals surface area contributed by atoms with Crippen LogP contribution in [-0.2, 0) is 9.05 Å². The van der Waals surface area contributed by atoms with Gasteiger partial charge in [0.15, 0.2) is 14.0 Å². The maximum absolute atomic E-state index is 13.0. The number of carbonyl (C=O) groups excluding carboxylic acids is 1. The lowest BCUT2D eigenvalue weighted by Crippen LogP contribution is -2.31. The molecule has 0 aliphatic rings. The molecule has 2 amide bonds. The fraction of sp³-hybridized carbons (Fsp3) is 0.533. The third-order valence-corrected chi connectivity index (χ3v) is 8.35. The minimum absolute atomic E-state index is 0.348. The van der Waals surface area contributed by atoms with Gasteiger partial charge in [-0.25, -0.2) is 14.8 Å². The highest BCUT2D eigenvalue weighted by Gasteiger charge is 2.17. The Morgan fingerprint density at radius 1 is 0.907 bits per heavy atom. The molecule has 236 valence electrons. The van der Waals surface area contributed by atoms with Crippen molar-refractivity contribution in [2.45, 2.75) is 40.5 Å². The maximum Gasteiger partial charge on any atom is 0.320 e. The van der Waals surface area contributed by atoms with Crippen molar-refractivity contribution in [2.75, 3.05) is 77.0 Å². The van der Waals surface area contributed by atoms with Crippen molar-refractivity contribution in [3.05, 3.63) is 30.5 Å². The minimum Gasteiger partial charge on any atom is -0.497 e. The predicted molar refractivity (Wildman–Crippen MR) is 173 cm³/mol. The molecule has 3 rings (SSSR count). The molecule has 0 radical (unpaired) electrons. The lowest BCUT2D eigenvalue weighted by molar-refractivity contribution is 0.251. The van der Waals surface area contributed by atoms with Crippen LogP contribution in [0.1, 0.15) is 40.5 Å². The third-order valence-electron chi connectivity index (χ3n) is 6.67. The number of rotatable bonds is 19. The van der Waals surface area contributed by atoms with Crippen molar-refractivity contribution in [3.8, 4) is 22.6 Å². The number of amides is 2. The van der Waals surface area contributed by atoms with Crippen molar-refractivity contribution in [3.63, 3.8) is 0 Å². The summed E-state index contributed by atoms with van der Waals surface area (Å²) < 4.78 is 22.2. The van der Waals surface area contributed by atoms with Crippen LogP contribution in [0, 0.1) is 0 Å². The number of fused-ring (bicyclic) bond motifs is 1. The molecule has 2 aromatic heterocycles. The largest absolute Gasteiger partial charge is 0.497 e. The molecule has 0 aliphatic heterocycles. The van der Waals surface area contributed by atoms with Crippen LogP contribution in [0.5, 0.6) is 11.5 Å². The summed E-state index contributed by atoms with van der Waals surface area (Å²) in [6.45, 7) is 13.7. The fourth-order valence-corrected chi connectivity index (χ4v) is 5.60. The van der Waals surface area contributed by atoms with Crippen molar-refractivity contribution in [1.82, 2.24) is 25.2 Å². The fourth-order valence-electron chi connectivity index (χ4n) is 4.39. The van der Waals surface area contributed by atoms with Gasteiger partial charge in [0, 0.05) is 42.5 Å². The van der Waals surface area contributed by atoms with Crippen molar-refractivity contribution in [2.24, 2.45) is 0 Å². The van der Waals surface area contributed by atoms with E-state index in [0.717, 1.165) is 50.0 Å². The first-order chi connectivity index (χ1) is 20.9. The van der Waals surface area contributed by atoms with Gasteiger partial charge in [0.25, 0.3) is 0 Å². The highest BCUT2D eigenvalue weighted by atomic mass is 31.2. The van der Waals surface area contributed by atoms with Crippen LogP contribution >= 0.6 is 8.38 Å². The van der Waals surface area contributed by atoms with E-state index in [1.165, 1.54) is 0 Å². The normalized spacial score (nSPS) is 11.3. The van der Waals surface area contributed by atoms with E-state index in [1.54, 1.807) is 26.5 Å². The molecule has 0 saturated heterocycles. The number of hydrogen-bond acceptors (Lipinski definition) is 10. The lowest BCUT2D eigenvalue weighted by Gasteiger charge is -2.17. The topological polar surface area (TPSA) is 132 Å². The molecule has 0 saturated carbocycles. The second kappa shape index (κ2) is 18.4. The molecule has 0 unspecified atom stereocenters. The quantitative estimate of drug-likeness (QED) is 0.113. The number of methoxy groups -OCH3 is 2. The number of unbranched alkanes of at least 4 members (excludes halogenated alkanes) is 1. The number of pyridine rings is 1. The maximum atomic E-state index is 13.0. The summed E-state index contributed by atoms with van der Waals surface area (Å²) >= 11 is 0. The highest BCUT2D eigenvalue weighted by molar-refractivity contribution is 7.47. The Bertz CT molecular complexity index is 1270. The van der Waals surface area contributed by atoms with Gasteiger partial charge in [-0.05, 0) is 70.1 Å². The molecule has 43 heavy (non-hydrogen) atoms. The molecule has 0 bridgehead atoms. The molecular formula is C30H46N7O5P. The van der Waals surface area contributed by atoms with Gasteiger partial charge < -0.3 is 34.1 Å². The molecule has 0 spiro atoms. The van der Waals surface area contributed by atoms with E-state index in [1.807, 2.05) is 32.0 Å². The van der Waals surface area contributed by atoms with Gasteiger partial charge >= 0.3 is 6.03 Å². The molecule has 0 atom stereocenters. The van der Waals surface area contributed by atoms with Crippen molar-refractivity contribution < 1.29 is 23.3 Å². The molecule has 3 N–H and O–H groups in total. The van der Waals surface area contributed by atoms with Crippen LogP contribution in [0.2, 0.25) is 0 Å². The number of anilines is 2. The Hall–Kier alpha value is -3.31. The Balaban J connectivity index is 1.82. The molecular weight excluding hydrogens is 569 g/mol. The third kappa shape index (κ3) is 10.7. The molecule has 1 aromatic carbocycles. The zero-order valence-electron chi connectivity index (χ0n) is 26.2. The standard InChI is InChI=1S/C30H46N7O5P/c1-7-37(8-2)15-12-11-13-31-29-33-21-23-19-26(22-17-24(39-5)20-25(18-22)40-6)28(34-27(23)35-29)36-30(38)32-14-16-43(41-9-3)42-10-4/h17-21H,7-16H2,1-6H3,(H3,31,32,33,34,35,36,38). The Kier molecular flexibility index (Phi) is 14.6. The van der Waals surface area contributed by atoms with E-state index >= 15 is 0 Å². The number of nitrogens with one attached hydrogen (secondary N) is 3. The van der Waals surface area contributed by atoms with Crippen LogP contribution in [0.15, 0.2) is 30.5 Å². The summed E-state index contributed by atoms with van der Waals surface area (Å²) in [6.07, 6.45) is 4.41. The average molecular weight is 616 g/mol. The van der Waals surface area contributed by atoms with Crippen LogP contribution < -0.4 is 25.4 Å².